The number of hydrogen-bond donors (Lipinski definition) is 1. The van der Waals surface area contributed by atoms with E-state index in [4.69, 9.17) is 25.8 Å². The fourth-order valence-electron chi connectivity index (χ4n) is 4.93. The van der Waals surface area contributed by atoms with Crippen molar-refractivity contribution in [2.45, 2.75) is 18.9 Å². The number of rotatable bonds is 8. The Labute approximate surface area is 246 Å². The minimum atomic E-state index is -0.0627. The zero-order valence-electron chi connectivity index (χ0n) is 22.8. The average molecular weight is 583 g/mol. The first-order chi connectivity index (χ1) is 20.5. The van der Waals surface area contributed by atoms with Crippen LogP contribution >= 0.6 is 11.6 Å². The van der Waals surface area contributed by atoms with Gasteiger partial charge in [-0.1, -0.05) is 18.2 Å². The number of nitrogens with zero attached hydrogens (tertiary/aromatic N) is 5. The van der Waals surface area contributed by atoms with E-state index in [9.17, 15) is 4.79 Å². The van der Waals surface area contributed by atoms with E-state index in [-0.39, 0.29) is 12.0 Å². The molecule has 1 N–H and O–H groups in total. The van der Waals surface area contributed by atoms with Crippen molar-refractivity contribution in [3.63, 3.8) is 0 Å². The minimum absolute atomic E-state index is 0.0622. The predicted octanol–water partition coefficient (Wildman–Crippen LogP) is 6.33. The molecule has 6 rings (SSSR count). The second-order valence-corrected chi connectivity index (χ2v) is 10.0. The van der Waals surface area contributed by atoms with Crippen molar-refractivity contribution in [3.8, 4) is 23.0 Å². The molecule has 1 saturated heterocycles. The summed E-state index contributed by atoms with van der Waals surface area (Å²) in [4.78, 5) is 31.2. The molecule has 3 heterocycles. The molecule has 0 spiro atoms. The Balaban J connectivity index is 1.22. The highest BCUT2D eigenvalue weighted by atomic mass is 35.5. The Morgan fingerprint density at radius 1 is 0.976 bits per heavy atom. The molecular formula is C31H27ClN6O4. The molecule has 2 aromatic heterocycles. The SMILES string of the molecule is C=CC(=O)N1CCC(Oc2ccc3ncnc(Nc4ccc(Oc5ccc6nccnc6c5)c(Cl)c4)c3c2OC)CC1. The molecule has 0 bridgehead atoms. The minimum Gasteiger partial charge on any atom is -0.492 e. The molecule has 0 aliphatic carbocycles. The second-order valence-electron chi connectivity index (χ2n) is 9.64. The predicted molar refractivity (Wildman–Crippen MR) is 161 cm³/mol. The number of carbonyl (C=O) groups is 1. The number of methoxy groups -OCH3 is 1. The number of piperidine rings is 1. The lowest BCUT2D eigenvalue weighted by Gasteiger charge is -2.32. The smallest absolute Gasteiger partial charge is 0.245 e. The summed E-state index contributed by atoms with van der Waals surface area (Å²) in [6.07, 6.45) is 7.46. The van der Waals surface area contributed by atoms with E-state index >= 15 is 0 Å². The van der Waals surface area contributed by atoms with Crippen LogP contribution in [-0.4, -0.2) is 57.0 Å². The number of halogens is 1. The van der Waals surface area contributed by atoms with Gasteiger partial charge in [0.05, 0.1) is 34.1 Å². The van der Waals surface area contributed by atoms with Crippen molar-refractivity contribution >= 4 is 50.9 Å². The van der Waals surface area contributed by atoms with Crippen LogP contribution < -0.4 is 19.5 Å². The van der Waals surface area contributed by atoms with Gasteiger partial charge in [0.25, 0.3) is 0 Å². The molecule has 0 saturated carbocycles. The highest BCUT2D eigenvalue weighted by Gasteiger charge is 2.25. The standard InChI is InChI=1S/C31H27ClN6O4/c1-3-28(39)38-14-10-20(11-15-38)41-27-9-7-24-29(30(27)40-2)31(36-18-35-24)37-19-4-8-26(22(32)16-19)42-21-5-6-23-25(17-21)34-13-12-33-23/h3-9,12-13,16-18,20H,1,10-11,14-15H2,2H3,(H,35,36,37). The third-order valence-corrected chi connectivity index (χ3v) is 7.30. The molecule has 0 radical (unpaired) electrons. The third-order valence-electron chi connectivity index (χ3n) is 7.01. The normalized spacial score (nSPS) is 13.6. The number of nitrogens with one attached hydrogen (secondary N) is 1. The van der Waals surface area contributed by atoms with E-state index in [1.165, 1.54) is 12.4 Å². The number of anilines is 2. The summed E-state index contributed by atoms with van der Waals surface area (Å²) in [5.41, 5.74) is 2.89. The first kappa shape index (κ1) is 27.2. The van der Waals surface area contributed by atoms with E-state index < -0.39 is 0 Å². The van der Waals surface area contributed by atoms with Crippen LogP contribution in [0, 0.1) is 0 Å². The summed E-state index contributed by atoms with van der Waals surface area (Å²) in [5, 5.41) is 4.42. The number of fused-ring (bicyclic) bond motifs is 2. The third kappa shape index (κ3) is 5.61. The van der Waals surface area contributed by atoms with Gasteiger partial charge in [-0.3, -0.25) is 14.8 Å². The van der Waals surface area contributed by atoms with Gasteiger partial charge in [-0.25, -0.2) is 9.97 Å². The van der Waals surface area contributed by atoms with E-state index in [1.807, 2.05) is 36.4 Å². The van der Waals surface area contributed by atoms with Crippen molar-refractivity contribution in [1.29, 1.82) is 0 Å². The summed E-state index contributed by atoms with van der Waals surface area (Å²) in [6.45, 7) is 4.79. The van der Waals surface area contributed by atoms with Gasteiger partial charge in [0, 0.05) is 50.1 Å². The van der Waals surface area contributed by atoms with Crippen molar-refractivity contribution in [3.05, 3.63) is 84.9 Å². The molecule has 10 nitrogen and oxygen atoms in total. The van der Waals surface area contributed by atoms with Gasteiger partial charge in [-0.15, -0.1) is 0 Å². The zero-order valence-corrected chi connectivity index (χ0v) is 23.5. The van der Waals surface area contributed by atoms with Crippen LogP contribution in [0.15, 0.2) is 79.9 Å². The molecule has 1 aliphatic rings. The number of carbonyl (C=O) groups excluding carboxylic acids is 1. The lowest BCUT2D eigenvalue weighted by molar-refractivity contribution is -0.127. The highest BCUT2D eigenvalue weighted by Crippen LogP contribution is 2.41. The Bertz CT molecular complexity index is 1790. The Morgan fingerprint density at radius 3 is 2.50 bits per heavy atom. The summed E-state index contributed by atoms with van der Waals surface area (Å²) in [5.74, 6) is 2.66. The molecule has 1 amide bonds. The van der Waals surface area contributed by atoms with Gasteiger partial charge in [0.15, 0.2) is 11.5 Å². The Hall–Kier alpha value is -4.96. The van der Waals surface area contributed by atoms with Gasteiger partial charge in [0.1, 0.15) is 29.7 Å². The lowest BCUT2D eigenvalue weighted by atomic mass is 10.1. The van der Waals surface area contributed by atoms with Crippen LogP contribution in [0.5, 0.6) is 23.0 Å². The summed E-state index contributed by atoms with van der Waals surface area (Å²) >= 11 is 6.61. The maximum Gasteiger partial charge on any atom is 0.245 e. The Morgan fingerprint density at radius 2 is 1.74 bits per heavy atom. The van der Waals surface area contributed by atoms with E-state index in [1.54, 1.807) is 36.5 Å². The largest absolute Gasteiger partial charge is 0.492 e. The van der Waals surface area contributed by atoms with E-state index in [2.05, 4.69) is 31.8 Å². The Kier molecular flexibility index (Phi) is 7.70. The first-order valence-corrected chi connectivity index (χ1v) is 13.7. The van der Waals surface area contributed by atoms with Gasteiger partial charge < -0.3 is 24.4 Å². The molecule has 212 valence electrons. The maximum atomic E-state index is 11.9. The topological polar surface area (TPSA) is 112 Å². The van der Waals surface area contributed by atoms with Gasteiger partial charge >= 0.3 is 0 Å². The number of amides is 1. The molecule has 11 heteroatoms. The molecule has 0 atom stereocenters. The molecular weight excluding hydrogens is 556 g/mol. The number of ether oxygens (including phenoxy) is 3. The maximum absolute atomic E-state index is 11.9. The second kappa shape index (κ2) is 11.9. The van der Waals surface area contributed by atoms with Crippen LogP contribution in [0.1, 0.15) is 12.8 Å². The van der Waals surface area contributed by atoms with E-state index in [0.29, 0.717) is 76.4 Å². The molecule has 0 unspecified atom stereocenters. The van der Waals surface area contributed by atoms with Crippen molar-refractivity contribution in [2.75, 3.05) is 25.5 Å². The number of benzene rings is 3. The summed E-state index contributed by atoms with van der Waals surface area (Å²) in [6, 6.07) is 14.6. The molecule has 3 aromatic carbocycles. The van der Waals surface area contributed by atoms with Crippen molar-refractivity contribution < 1.29 is 19.0 Å². The highest BCUT2D eigenvalue weighted by molar-refractivity contribution is 6.32. The van der Waals surface area contributed by atoms with Crippen molar-refractivity contribution in [2.24, 2.45) is 0 Å². The number of likely N-dealkylation sites (tertiary alicyclic amines) is 1. The van der Waals surface area contributed by atoms with E-state index in [0.717, 1.165) is 11.0 Å². The zero-order chi connectivity index (χ0) is 29.1. The quantitative estimate of drug-likeness (QED) is 0.210. The molecule has 42 heavy (non-hydrogen) atoms. The average Bonchev–Trinajstić information content (AvgIpc) is 3.02. The van der Waals surface area contributed by atoms with Crippen LogP contribution in [0.3, 0.4) is 0 Å². The van der Waals surface area contributed by atoms with Crippen LogP contribution in [0.25, 0.3) is 21.9 Å². The van der Waals surface area contributed by atoms with Crippen LogP contribution in [0.2, 0.25) is 5.02 Å². The van der Waals surface area contributed by atoms with Gasteiger partial charge in [0.2, 0.25) is 5.91 Å². The van der Waals surface area contributed by atoms with Crippen LogP contribution in [-0.2, 0) is 4.79 Å². The number of hydrogen-bond acceptors (Lipinski definition) is 9. The molecule has 1 fully saturated rings. The molecule has 5 aromatic rings. The first-order valence-electron chi connectivity index (χ1n) is 13.4. The monoisotopic (exact) mass is 582 g/mol. The van der Waals surface area contributed by atoms with Crippen LogP contribution in [0.4, 0.5) is 11.5 Å². The molecule has 1 aliphatic heterocycles. The number of aromatic nitrogens is 4. The fraction of sp³-hybridized carbons (Fsp3) is 0.194. The van der Waals surface area contributed by atoms with Gasteiger partial charge in [-0.05, 0) is 48.5 Å². The summed E-state index contributed by atoms with van der Waals surface area (Å²) < 4.78 is 18.2. The fourth-order valence-corrected chi connectivity index (χ4v) is 5.15. The van der Waals surface area contributed by atoms with Crippen molar-refractivity contribution in [1.82, 2.24) is 24.8 Å². The lowest BCUT2D eigenvalue weighted by Crippen LogP contribution is -2.41. The summed E-state index contributed by atoms with van der Waals surface area (Å²) in [7, 11) is 1.59. The van der Waals surface area contributed by atoms with Gasteiger partial charge in [-0.2, -0.15) is 0 Å².